The van der Waals surface area contributed by atoms with Gasteiger partial charge in [0.25, 0.3) is 0 Å². The van der Waals surface area contributed by atoms with Gasteiger partial charge in [0.1, 0.15) is 0 Å². The highest BCUT2D eigenvalue weighted by molar-refractivity contribution is 5.77. The fourth-order valence-electron chi connectivity index (χ4n) is 6.18. The van der Waals surface area contributed by atoms with Crippen LogP contribution in [0.3, 0.4) is 0 Å². The Hall–Kier alpha value is -1.76. The Kier molecular flexibility index (Phi) is 3.22. The third kappa shape index (κ3) is 1.82. The van der Waals surface area contributed by atoms with Crippen molar-refractivity contribution in [2.75, 3.05) is 4.90 Å². The van der Waals surface area contributed by atoms with E-state index in [9.17, 15) is 0 Å². The third-order valence-electron chi connectivity index (χ3n) is 7.70. The number of benzene rings is 1. The summed E-state index contributed by atoms with van der Waals surface area (Å²) in [4.78, 5) is 2.63. The van der Waals surface area contributed by atoms with Gasteiger partial charge in [-0.2, -0.15) is 0 Å². The molecule has 138 valence electrons. The molecule has 1 heteroatoms. The van der Waals surface area contributed by atoms with Crippen LogP contribution in [-0.2, 0) is 0 Å². The van der Waals surface area contributed by atoms with E-state index in [0.29, 0.717) is 0 Å². The van der Waals surface area contributed by atoms with Crippen LogP contribution in [0.25, 0.3) is 0 Å². The minimum absolute atomic E-state index is 0.0343. The summed E-state index contributed by atoms with van der Waals surface area (Å²) in [5.74, 6) is 0. The fraction of sp³-hybridized carbons (Fsp3) is 0.520. The van der Waals surface area contributed by atoms with Crippen LogP contribution in [-0.4, -0.2) is 11.1 Å². The molecule has 2 unspecified atom stereocenters. The lowest BCUT2D eigenvalue weighted by Crippen LogP contribution is -2.76. The minimum atomic E-state index is -0.0343. The molecule has 0 N–H and O–H groups in total. The highest BCUT2D eigenvalue weighted by Gasteiger charge is 2.66. The van der Waals surface area contributed by atoms with Gasteiger partial charge in [-0.05, 0) is 57.9 Å². The van der Waals surface area contributed by atoms with Gasteiger partial charge in [0.2, 0.25) is 0 Å². The molecule has 3 aliphatic rings. The van der Waals surface area contributed by atoms with Crippen LogP contribution >= 0.6 is 0 Å². The van der Waals surface area contributed by atoms with Crippen molar-refractivity contribution in [2.45, 2.75) is 73.4 Å². The van der Waals surface area contributed by atoms with Gasteiger partial charge in [-0.15, -0.1) is 0 Å². The summed E-state index contributed by atoms with van der Waals surface area (Å²) in [5.41, 5.74) is 9.01. The Labute approximate surface area is 159 Å². The summed E-state index contributed by atoms with van der Waals surface area (Å²) in [6, 6.07) is 9.04. The molecule has 1 aromatic carbocycles. The zero-order valence-corrected chi connectivity index (χ0v) is 17.9. The average molecular weight is 348 g/mol. The van der Waals surface area contributed by atoms with E-state index < -0.39 is 0 Å². The maximum absolute atomic E-state index is 2.63. The molecule has 0 radical (unpaired) electrons. The molecule has 0 aromatic heterocycles. The van der Waals surface area contributed by atoms with Crippen LogP contribution in [0.5, 0.6) is 0 Å². The zero-order valence-electron chi connectivity index (χ0n) is 17.9. The SMILES string of the molecule is CC1=CC2(C)C3=C(C1(C)C)C(C)(C)C(C)=CC3(C)N2c1ccc(C)cc1. The highest BCUT2D eigenvalue weighted by atomic mass is 15.3. The normalized spacial score (nSPS) is 34.0. The monoisotopic (exact) mass is 347 g/mol. The van der Waals surface area contributed by atoms with Crippen molar-refractivity contribution in [3.05, 3.63) is 64.3 Å². The summed E-state index contributed by atoms with van der Waals surface area (Å²) >= 11 is 0. The second-order valence-corrected chi connectivity index (χ2v) is 10.1. The summed E-state index contributed by atoms with van der Waals surface area (Å²) in [6.07, 6.45) is 5.05. The van der Waals surface area contributed by atoms with Crippen molar-refractivity contribution in [1.82, 2.24) is 0 Å². The first-order valence-corrected chi connectivity index (χ1v) is 9.90. The van der Waals surface area contributed by atoms with E-state index in [-0.39, 0.29) is 21.9 Å². The van der Waals surface area contributed by atoms with Gasteiger partial charge in [0.15, 0.2) is 0 Å². The van der Waals surface area contributed by atoms with E-state index in [0.717, 1.165) is 0 Å². The van der Waals surface area contributed by atoms with Gasteiger partial charge < -0.3 is 4.90 Å². The molecule has 4 rings (SSSR count). The molecular formula is C25H33N. The Morgan fingerprint density at radius 1 is 0.615 bits per heavy atom. The molecule has 1 aromatic rings. The quantitative estimate of drug-likeness (QED) is 0.517. The molecule has 1 fully saturated rings. The number of anilines is 1. The largest absolute Gasteiger partial charge is 0.346 e. The van der Waals surface area contributed by atoms with Crippen LogP contribution in [0.15, 0.2) is 58.7 Å². The minimum Gasteiger partial charge on any atom is -0.346 e. The van der Waals surface area contributed by atoms with E-state index in [2.05, 4.69) is 104 Å². The predicted molar refractivity (Wildman–Crippen MR) is 113 cm³/mol. The molecule has 0 amide bonds. The van der Waals surface area contributed by atoms with Crippen molar-refractivity contribution in [2.24, 2.45) is 10.8 Å². The second-order valence-electron chi connectivity index (χ2n) is 10.1. The molecule has 1 heterocycles. The summed E-state index contributed by atoms with van der Waals surface area (Å²) in [6.45, 7) is 21.3. The van der Waals surface area contributed by atoms with Crippen LogP contribution in [0.2, 0.25) is 0 Å². The molecule has 26 heavy (non-hydrogen) atoms. The maximum atomic E-state index is 2.63. The fourth-order valence-corrected chi connectivity index (χ4v) is 6.18. The van der Waals surface area contributed by atoms with E-state index in [1.54, 1.807) is 11.1 Å². The van der Waals surface area contributed by atoms with Gasteiger partial charge in [0.05, 0.1) is 11.1 Å². The number of nitrogens with zero attached hydrogens (tertiary/aromatic N) is 1. The van der Waals surface area contributed by atoms with Crippen LogP contribution in [0.1, 0.15) is 61.0 Å². The van der Waals surface area contributed by atoms with Crippen molar-refractivity contribution in [1.29, 1.82) is 0 Å². The standard InChI is InChI=1S/C25H33N/c1-16-10-12-19(13-11-16)26-24(8)14-17(2)22(4,5)20-21(24)25(26,9)15-18(3)23(20,6)7/h10-15H,1-9H3. The lowest BCUT2D eigenvalue weighted by atomic mass is 9.47. The highest BCUT2D eigenvalue weighted by Crippen LogP contribution is 2.67. The summed E-state index contributed by atoms with van der Waals surface area (Å²) in [7, 11) is 0. The smallest absolute Gasteiger partial charge is 0.0812 e. The summed E-state index contributed by atoms with van der Waals surface area (Å²) in [5, 5.41) is 0. The van der Waals surface area contributed by atoms with Crippen molar-refractivity contribution in [3.63, 3.8) is 0 Å². The molecule has 1 nitrogen and oxygen atoms in total. The maximum Gasteiger partial charge on any atom is 0.0812 e. The Bertz CT molecular complexity index is 841. The Morgan fingerprint density at radius 2 is 1.04 bits per heavy atom. The van der Waals surface area contributed by atoms with Gasteiger partial charge in [-0.25, -0.2) is 0 Å². The molecule has 1 aliphatic heterocycles. The molecule has 0 saturated carbocycles. The first-order chi connectivity index (χ1) is 11.9. The van der Waals surface area contributed by atoms with E-state index in [4.69, 9.17) is 0 Å². The lowest BCUT2D eigenvalue weighted by Gasteiger charge is -2.71. The van der Waals surface area contributed by atoms with Crippen LogP contribution in [0, 0.1) is 17.8 Å². The molecule has 2 aliphatic carbocycles. The predicted octanol–water partition coefficient (Wildman–Crippen LogP) is 6.60. The van der Waals surface area contributed by atoms with E-state index in [1.165, 1.54) is 22.4 Å². The Balaban J connectivity index is 2.02. The number of aryl methyl sites for hydroxylation is 1. The molecule has 1 saturated heterocycles. The zero-order chi connectivity index (χ0) is 19.3. The average Bonchev–Trinajstić information content (AvgIpc) is 2.51. The van der Waals surface area contributed by atoms with Crippen LogP contribution in [0.4, 0.5) is 5.69 Å². The third-order valence-corrected chi connectivity index (χ3v) is 7.70. The van der Waals surface area contributed by atoms with Gasteiger partial charge in [0, 0.05) is 16.5 Å². The van der Waals surface area contributed by atoms with Gasteiger partial charge in [-0.1, -0.05) is 68.7 Å². The number of hydrogen-bond acceptors (Lipinski definition) is 1. The lowest BCUT2D eigenvalue weighted by molar-refractivity contribution is 0.256. The van der Waals surface area contributed by atoms with Crippen molar-refractivity contribution < 1.29 is 0 Å². The number of allylic oxidation sites excluding steroid dienone is 3. The first-order valence-electron chi connectivity index (χ1n) is 9.90. The van der Waals surface area contributed by atoms with Crippen molar-refractivity contribution in [3.8, 4) is 0 Å². The van der Waals surface area contributed by atoms with Crippen molar-refractivity contribution >= 4 is 5.69 Å². The molecule has 0 bridgehead atoms. The van der Waals surface area contributed by atoms with Gasteiger partial charge in [-0.3, -0.25) is 0 Å². The number of rotatable bonds is 1. The second kappa shape index (κ2) is 4.74. The van der Waals surface area contributed by atoms with E-state index in [1.807, 2.05) is 0 Å². The number of hydrogen-bond donors (Lipinski definition) is 0. The molecule has 0 spiro atoms. The molecule has 2 atom stereocenters. The first kappa shape index (κ1) is 17.6. The van der Waals surface area contributed by atoms with Crippen LogP contribution < -0.4 is 4.90 Å². The topological polar surface area (TPSA) is 3.24 Å². The summed E-state index contributed by atoms with van der Waals surface area (Å²) < 4.78 is 0. The Morgan fingerprint density at radius 3 is 1.46 bits per heavy atom. The molecular weight excluding hydrogens is 314 g/mol. The van der Waals surface area contributed by atoms with Gasteiger partial charge >= 0.3 is 0 Å². The van der Waals surface area contributed by atoms with E-state index >= 15 is 0 Å².